The lowest BCUT2D eigenvalue weighted by atomic mass is 10.1. The zero-order chi connectivity index (χ0) is 15.5. The molecule has 0 spiro atoms. The smallest absolute Gasteiger partial charge is 0.261 e. The fourth-order valence-corrected chi connectivity index (χ4v) is 2.56. The fourth-order valence-electron chi connectivity index (χ4n) is 2.56. The van der Waals surface area contributed by atoms with E-state index < -0.39 is 0 Å². The molecule has 22 heavy (non-hydrogen) atoms. The Morgan fingerprint density at radius 3 is 2.68 bits per heavy atom. The molecule has 0 atom stereocenters. The van der Waals surface area contributed by atoms with E-state index in [1.54, 1.807) is 4.57 Å². The highest BCUT2D eigenvalue weighted by Gasteiger charge is 2.06. The van der Waals surface area contributed by atoms with Crippen molar-refractivity contribution in [2.75, 3.05) is 0 Å². The molecule has 3 heteroatoms. The fraction of sp³-hybridized carbons (Fsp3) is 0.158. The van der Waals surface area contributed by atoms with Crippen molar-refractivity contribution in [3.63, 3.8) is 0 Å². The van der Waals surface area contributed by atoms with E-state index in [4.69, 9.17) is 0 Å². The number of benzene rings is 2. The first-order valence-electron chi connectivity index (χ1n) is 7.43. The van der Waals surface area contributed by atoms with Crippen LogP contribution in [-0.2, 0) is 6.54 Å². The number of para-hydroxylation sites is 1. The summed E-state index contributed by atoms with van der Waals surface area (Å²) in [5, 5.41) is 0.664. The van der Waals surface area contributed by atoms with E-state index in [1.165, 1.54) is 5.56 Å². The maximum atomic E-state index is 12.5. The van der Waals surface area contributed by atoms with Gasteiger partial charge >= 0.3 is 0 Å². The SMILES string of the molecule is CCn1c(C=Cc2cccc(C)c2)nc2ccccc2c1=O. The van der Waals surface area contributed by atoms with E-state index in [0.717, 1.165) is 11.1 Å². The van der Waals surface area contributed by atoms with Crippen LogP contribution in [-0.4, -0.2) is 9.55 Å². The Morgan fingerprint density at radius 2 is 1.91 bits per heavy atom. The van der Waals surface area contributed by atoms with Gasteiger partial charge in [0.25, 0.3) is 5.56 Å². The molecule has 2 aromatic carbocycles. The van der Waals surface area contributed by atoms with Gasteiger partial charge in [0.2, 0.25) is 0 Å². The maximum absolute atomic E-state index is 12.5. The van der Waals surface area contributed by atoms with Crippen molar-refractivity contribution in [1.29, 1.82) is 0 Å². The third-order valence-electron chi connectivity index (χ3n) is 3.67. The lowest BCUT2D eigenvalue weighted by molar-refractivity contribution is 0.708. The summed E-state index contributed by atoms with van der Waals surface area (Å²) in [5.41, 5.74) is 3.06. The van der Waals surface area contributed by atoms with Crippen LogP contribution in [0.5, 0.6) is 0 Å². The normalized spacial score (nSPS) is 11.4. The second-order valence-corrected chi connectivity index (χ2v) is 5.28. The Morgan fingerprint density at radius 1 is 1.09 bits per heavy atom. The molecule has 0 aliphatic carbocycles. The van der Waals surface area contributed by atoms with Gasteiger partial charge in [0.15, 0.2) is 0 Å². The Balaban J connectivity index is 2.12. The number of hydrogen-bond acceptors (Lipinski definition) is 2. The number of fused-ring (bicyclic) bond motifs is 1. The molecule has 0 aliphatic heterocycles. The van der Waals surface area contributed by atoms with Crippen LogP contribution < -0.4 is 5.56 Å². The summed E-state index contributed by atoms with van der Waals surface area (Å²) >= 11 is 0. The third kappa shape index (κ3) is 2.70. The van der Waals surface area contributed by atoms with Gasteiger partial charge in [0.1, 0.15) is 5.82 Å². The second-order valence-electron chi connectivity index (χ2n) is 5.28. The van der Waals surface area contributed by atoms with E-state index in [1.807, 2.05) is 55.5 Å². The number of rotatable bonds is 3. The molecule has 1 aromatic heterocycles. The summed E-state index contributed by atoms with van der Waals surface area (Å²) in [4.78, 5) is 17.2. The summed E-state index contributed by atoms with van der Waals surface area (Å²) in [7, 11) is 0. The molecule has 0 bridgehead atoms. The summed E-state index contributed by atoms with van der Waals surface area (Å²) in [6.07, 6.45) is 3.90. The van der Waals surface area contributed by atoms with Crippen LogP contribution in [0, 0.1) is 6.92 Å². The van der Waals surface area contributed by atoms with Crippen LogP contribution in [0.1, 0.15) is 23.9 Å². The Kier molecular flexibility index (Phi) is 3.88. The molecule has 3 nitrogen and oxygen atoms in total. The standard InChI is InChI=1S/C19H18N2O/c1-3-21-18(12-11-15-8-6-7-14(2)13-15)20-17-10-5-4-9-16(17)19(21)22/h4-13H,3H2,1-2H3. The molecule has 3 rings (SSSR count). The number of nitrogens with zero attached hydrogens (tertiary/aromatic N) is 2. The maximum Gasteiger partial charge on any atom is 0.261 e. The summed E-state index contributed by atoms with van der Waals surface area (Å²) in [5.74, 6) is 0.688. The molecule has 0 saturated heterocycles. The zero-order valence-corrected chi connectivity index (χ0v) is 12.8. The topological polar surface area (TPSA) is 34.9 Å². The van der Waals surface area contributed by atoms with Gasteiger partial charge < -0.3 is 0 Å². The molecular formula is C19H18N2O. The largest absolute Gasteiger partial charge is 0.293 e. The minimum atomic E-state index is 0.0111. The van der Waals surface area contributed by atoms with Gasteiger partial charge in [0, 0.05) is 6.54 Å². The predicted molar refractivity (Wildman–Crippen MR) is 91.8 cm³/mol. The highest BCUT2D eigenvalue weighted by Crippen LogP contribution is 2.12. The summed E-state index contributed by atoms with van der Waals surface area (Å²) in [6.45, 7) is 4.62. The van der Waals surface area contributed by atoms with Crippen LogP contribution in [0.2, 0.25) is 0 Å². The highest BCUT2D eigenvalue weighted by molar-refractivity contribution is 5.79. The number of aromatic nitrogens is 2. The molecule has 1 heterocycles. The molecule has 0 aliphatic rings. The monoisotopic (exact) mass is 290 g/mol. The molecule has 0 saturated carbocycles. The lowest BCUT2D eigenvalue weighted by Crippen LogP contribution is -2.22. The van der Waals surface area contributed by atoms with Crippen LogP contribution >= 0.6 is 0 Å². The average Bonchev–Trinajstić information content (AvgIpc) is 2.53. The third-order valence-corrected chi connectivity index (χ3v) is 3.67. The van der Waals surface area contributed by atoms with E-state index >= 15 is 0 Å². The van der Waals surface area contributed by atoms with Crippen molar-refractivity contribution in [3.8, 4) is 0 Å². The minimum Gasteiger partial charge on any atom is -0.293 e. The van der Waals surface area contributed by atoms with Crippen LogP contribution in [0.15, 0.2) is 53.3 Å². The lowest BCUT2D eigenvalue weighted by Gasteiger charge is -2.08. The first kappa shape index (κ1) is 14.3. The van der Waals surface area contributed by atoms with E-state index in [9.17, 15) is 4.79 Å². The van der Waals surface area contributed by atoms with Crippen molar-refractivity contribution in [2.24, 2.45) is 0 Å². The van der Waals surface area contributed by atoms with Gasteiger partial charge in [-0.15, -0.1) is 0 Å². The molecular weight excluding hydrogens is 272 g/mol. The van der Waals surface area contributed by atoms with Crippen molar-refractivity contribution in [1.82, 2.24) is 9.55 Å². The number of hydrogen-bond donors (Lipinski definition) is 0. The molecule has 110 valence electrons. The van der Waals surface area contributed by atoms with Crippen molar-refractivity contribution in [2.45, 2.75) is 20.4 Å². The molecule has 0 radical (unpaired) electrons. The molecule has 0 amide bonds. The van der Waals surface area contributed by atoms with Gasteiger partial charge in [-0.05, 0) is 37.6 Å². The first-order chi connectivity index (χ1) is 10.7. The average molecular weight is 290 g/mol. The quantitative estimate of drug-likeness (QED) is 0.733. The van der Waals surface area contributed by atoms with Crippen LogP contribution in [0.3, 0.4) is 0 Å². The van der Waals surface area contributed by atoms with Crippen LogP contribution in [0.4, 0.5) is 0 Å². The summed E-state index contributed by atoms with van der Waals surface area (Å²) in [6, 6.07) is 15.7. The van der Waals surface area contributed by atoms with Crippen molar-refractivity contribution >= 4 is 23.1 Å². The Hall–Kier alpha value is -2.68. The molecule has 0 unspecified atom stereocenters. The van der Waals surface area contributed by atoms with E-state index in [0.29, 0.717) is 17.8 Å². The van der Waals surface area contributed by atoms with Crippen LogP contribution in [0.25, 0.3) is 23.1 Å². The van der Waals surface area contributed by atoms with Gasteiger partial charge in [-0.2, -0.15) is 0 Å². The molecule has 0 N–H and O–H groups in total. The van der Waals surface area contributed by atoms with Crippen molar-refractivity contribution < 1.29 is 0 Å². The van der Waals surface area contributed by atoms with E-state index in [2.05, 4.69) is 24.0 Å². The molecule has 3 aromatic rings. The molecule has 0 fully saturated rings. The van der Waals surface area contributed by atoms with Gasteiger partial charge in [-0.1, -0.05) is 48.0 Å². The number of aryl methyl sites for hydroxylation is 1. The zero-order valence-electron chi connectivity index (χ0n) is 12.8. The van der Waals surface area contributed by atoms with Crippen molar-refractivity contribution in [3.05, 3.63) is 75.8 Å². The highest BCUT2D eigenvalue weighted by atomic mass is 16.1. The second kappa shape index (κ2) is 5.98. The predicted octanol–water partition coefficient (Wildman–Crippen LogP) is 3.90. The van der Waals surface area contributed by atoms with Gasteiger partial charge in [-0.3, -0.25) is 9.36 Å². The first-order valence-corrected chi connectivity index (χ1v) is 7.43. The van der Waals surface area contributed by atoms with Gasteiger partial charge in [-0.25, -0.2) is 4.98 Å². The summed E-state index contributed by atoms with van der Waals surface area (Å²) < 4.78 is 1.70. The Bertz CT molecular complexity index is 907. The Labute approximate surface area is 129 Å². The van der Waals surface area contributed by atoms with E-state index in [-0.39, 0.29) is 5.56 Å². The minimum absolute atomic E-state index is 0.0111. The van der Waals surface area contributed by atoms with Gasteiger partial charge in [0.05, 0.1) is 10.9 Å².